The zero-order valence-electron chi connectivity index (χ0n) is 17.5. The zero-order chi connectivity index (χ0) is 20.6. The van der Waals surface area contributed by atoms with Crippen molar-refractivity contribution < 1.29 is 8.42 Å². The van der Waals surface area contributed by atoms with Gasteiger partial charge in [-0.2, -0.15) is 0 Å². The van der Waals surface area contributed by atoms with Gasteiger partial charge in [-0.3, -0.25) is 0 Å². The van der Waals surface area contributed by atoms with Crippen molar-refractivity contribution >= 4 is 18.1 Å². The minimum atomic E-state index is -3.40. The van der Waals surface area contributed by atoms with Gasteiger partial charge in [0.05, 0.1) is 13.0 Å². The lowest BCUT2D eigenvalue weighted by molar-refractivity contribution is 0.577. The van der Waals surface area contributed by atoms with Crippen molar-refractivity contribution in [2.45, 2.75) is 56.6 Å². The van der Waals surface area contributed by atoms with Gasteiger partial charge in [0.1, 0.15) is 0 Å². The molecule has 2 aromatic rings. The third-order valence-electron chi connectivity index (χ3n) is 5.38. The van der Waals surface area contributed by atoms with E-state index in [0.717, 1.165) is 24.8 Å². The van der Waals surface area contributed by atoms with E-state index in [1.165, 1.54) is 5.56 Å². The van der Waals surface area contributed by atoms with Gasteiger partial charge >= 0.3 is 0 Å². The second kappa shape index (κ2) is 10.2. The average Bonchev–Trinajstić information content (AvgIpc) is 2.67. The number of benzene rings is 2. The summed E-state index contributed by atoms with van der Waals surface area (Å²) in [6, 6.07) is 17.7. The molecule has 0 saturated carbocycles. The highest BCUT2D eigenvalue weighted by Gasteiger charge is 2.26. The summed E-state index contributed by atoms with van der Waals surface area (Å²) in [5.74, 6) is 0. The lowest BCUT2D eigenvalue weighted by atomic mass is 10.2. The molecule has 28 heavy (non-hydrogen) atoms. The monoisotopic (exact) mass is 415 g/mol. The molecule has 0 radical (unpaired) electrons. The van der Waals surface area contributed by atoms with Gasteiger partial charge in [-0.15, -0.1) is 0 Å². The summed E-state index contributed by atoms with van der Waals surface area (Å²) in [6.45, 7) is 9.55. The van der Waals surface area contributed by atoms with Gasteiger partial charge in [0.2, 0.25) is 10.0 Å². The van der Waals surface area contributed by atoms with E-state index in [1.807, 2.05) is 19.1 Å². The number of nitrogens with one attached hydrogen (secondary N) is 1. The Bertz CT molecular complexity index is 859. The normalized spacial score (nSPS) is 13.7. The molecule has 0 bridgehead atoms. The van der Waals surface area contributed by atoms with E-state index < -0.39 is 18.1 Å². The highest BCUT2D eigenvalue weighted by molar-refractivity contribution is 7.89. The third kappa shape index (κ3) is 6.73. The van der Waals surface area contributed by atoms with Crippen molar-refractivity contribution in [1.82, 2.24) is 4.72 Å². The van der Waals surface area contributed by atoms with E-state index in [4.69, 9.17) is 0 Å². The maximum Gasteiger partial charge on any atom is 0.240 e. The third-order valence-corrected chi connectivity index (χ3v) is 10.5. The fourth-order valence-electron chi connectivity index (χ4n) is 3.10. The quantitative estimate of drug-likeness (QED) is 0.406. The molecule has 1 N–H and O–H groups in total. The molecule has 0 aromatic heterocycles. The Morgan fingerprint density at radius 2 is 1.64 bits per heavy atom. The first-order valence-corrected chi connectivity index (χ1v) is 14.7. The van der Waals surface area contributed by atoms with Crippen LogP contribution in [0, 0.1) is 6.92 Å². The number of unbranched alkanes of at least 4 members (excludes halogenated alkanes) is 2. The lowest BCUT2D eigenvalue weighted by Crippen LogP contribution is -2.31. The van der Waals surface area contributed by atoms with Crippen LogP contribution >= 0.6 is 0 Å². The highest BCUT2D eigenvalue weighted by Crippen LogP contribution is 2.27. The number of hydrogen-bond acceptors (Lipinski definition) is 2. The Labute approximate surface area is 172 Å². The maximum absolute atomic E-state index is 12.3. The molecule has 0 aliphatic carbocycles. The molecular formula is C23H33NO2SSi. The van der Waals surface area contributed by atoms with Crippen LogP contribution in [-0.4, -0.2) is 23.0 Å². The number of allylic oxidation sites excluding steroid dienone is 1. The fraction of sp³-hybridized carbons (Fsp3) is 0.391. The van der Waals surface area contributed by atoms with E-state index in [1.54, 1.807) is 12.1 Å². The molecule has 0 aliphatic heterocycles. The van der Waals surface area contributed by atoms with E-state index >= 15 is 0 Å². The Morgan fingerprint density at radius 1 is 1.00 bits per heavy atom. The average molecular weight is 416 g/mol. The first-order valence-electron chi connectivity index (χ1n) is 10.0. The van der Waals surface area contributed by atoms with E-state index in [0.29, 0.717) is 17.0 Å². The molecule has 0 heterocycles. The first kappa shape index (κ1) is 22.6. The van der Waals surface area contributed by atoms with Gasteiger partial charge in [-0.05, 0) is 49.4 Å². The molecule has 2 aromatic carbocycles. The molecule has 2 rings (SSSR count). The zero-order valence-corrected chi connectivity index (χ0v) is 19.3. The summed E-state index contributed by atoms with van der Waals surface area (Å²) in [7, 11) is -4.88. The van der Waals surface area contributed by atoms with Crippen LogP contribution in [0.5, 0.6) is 0 Å². The molecule has 0 fully saturated rings. The molecule has 0 spiro atoms. The maximum atomic E-state index is 12.3. The van der Waals surface area contributed by atoms with Crippen LogP contribution < -0.4 is 4.72 Å². The molecular weight excluding hydrogens is 382 g/mol. The second-order valence-corrected chi connectivity index (χ2v) is 14.7. The summed E-state index contributed by atoms with van der Waals surface area (Å²) >= 11 is 0. The minimum Gasteiger partial charge on any atom is -0.211 e. The summed E-state index contributed by atoms with van der Waals surface area (Å²) in [5.41, 5.74) is 5.47. The first-order chi connectivity index (χ1) is 13.2. The second-order valence-electron chi connectivity index (χ2n) is 8.06. The number of hydrogen-bond donors (Lipinski definition) is 1. The Hall–Kier alpha value is -1.69. The molecule has 1 atom stereocenters. The lowest BCUT2D eigenvalue weighted by Gasteiger charge is -2.27. The summed E-state index contributed by atoms with van der Waals surface area (Å²) in [5, 5.41) is 0. The number of sulfonamides is 1. The fourth-order valence-corrected chi connectivity index (χ4v) is 6.29. The van der Waals surface area contributed by atoms with Crippen LogP contribution in [0.4, 0.5) is 0 Å². The standard InChI is InChI=1S/C23H33NO2SSi/c1-20-14-16-23(17-15-20)27(25,26)24-18-10-5-6-11-19-28(3,4)21(2)22-12-8-7-9-13-22/h7-9,11-17,19,21,24H,5-6,10,18H2,1-4H3/b19-11+. The van der Waals surface area contributed by atoms with Crippen LogP contribution in [-0.2, 0) is 10.0 Å². The van der Waals surface area contributed by atoms with Crippen molar-refractivity contribution in [3.8, 4) is 0 Å². The topological polar surface area (TPSA) is 46.2 Å². The van der Waals surface area contributed by atoms with Gasteiger partial charge < -0.3 is 0 Å². The predicted octanol–water partition coefficient (Wildman–Crippen LogP) is 5.59. The van der Waals surface area contributed by atoms with E-state index in [2.05, 4.69) is 66.8 Å². The van der Waals surface area contributed by atoms with Crippen LogP contribution in [0.1, 0.15) is 42.9 Å². The van der Waals surface area contributed by atoms with E-state index in [-0.39, 0.29) is 0 Å². The summed E-state index contributed by atoms with van der Waals surface area (Å²) in [4.78, 5) is 0.334. The number of aryl methyl sites for hydroxylation is 1. The van der Waals surface area contributed by atoms with Crippen molar-refractivity contribution in [1.29, 1.82) is 0 Å². The molecule has 5 heteroatoms. The molecule has 0 amide bonds. The molecule has 152 valence electrons. The van der Waals surface area contributed by atoms with Crippen LogP contribution in [0.3, 0.4) is 0 Å². The van der Waals surface area contributed by atoms with Crippen molar-refractivity contribution in [2.75, 3.05) is 6.54 Å². The van der Waals surface area contributed by atoms with Crippen molar-refractivity contribution in [2.24, 2.45) is 0 Å². The molecule has 0 saturated heterocycles. The highest BCUT2D eigenvalue weighted by atomic mass is 32.2. The smallest absolute Gasteiger partial charge is 0.211 e. The largest absolute Gasteiger partial charge is 0.240 e. The Balaban J connectivity index is 1.74. The number of rotatable bonds is 10. The van der Waals surface area contributed by atoms with Gasteiger partial charge in [0, 0.05) is 6.54 Å². The molecule has 0 aliphatic rings. The van der Waals surface area contributed by atoms with Gasteiger partial charge in [0.15, 0.2) is 0 Å². The van der Waals surface area contributed by atoms with Crippen LogP contribution in [0.25, 0.3) is 0 Å². The summed E-state index contributed by atoms with van der Waals surface area (Å²) < 4.78 is 27.2. The van der Waals surface area contributed by atoms with Crippen molar-refractivity contribution in [3.63, 3.8) is 0 Å². The van der Waals surface area contributed by atoms with Gasteiger partial charge in [-0.25, -0.2) is 13.1 Å². The predicted molar refractivity (Wildman–Crippen MR) is 122 cm³/mol. The Morgan fingerprint density at radius 3 is 2.29 bits per heavy atom. The summed E-state index contributed by atoms with van der Waals surface area (Å²) in [6.07, 6.45) is 5.10. The van der Waals surface area contributed by atoms with Crippen LogP contribution in [0.2, 0.25) is 13.1 Å². The molecule has 3 nitrogen and oxygen atoms in total. The van der Waals surface area contributed by atoms with Crippen molar-refractivity contribution in [3.05, 3.63) is 77.5 Å². The Kier molecular flexibility index (Phi) is 8.22. The van der Waals surface area contributed by atoms with Gasteiger partial charge in [0.25, 0.3) is 0 Å². The SMILES string of the molecule is Cc1ccc(S(=O)(=O)NCCCC/C=C/[Si](C)(C)C(C)c2ccccc2)cc1. The van der Waals surface area contributed by atoms with E-state index in [9.17, 15) is 8.42 Å². The van der Waals surface area contributed by atoms with Gasteiger partial charge in [-0.1, -0.05) is 79.8 Å². The molecule has 1 unspecified atom stereocenters. The van der Waals surface area contributed by atoms with Crippen LogP contribution in [0.15, 0.2) is 71.3 Å². The minimum absolute atomic E-state index is 0.334.